The van der Waals surface area contributed by atoms with E-state index < -0.39 is 0 Å². The lowest BCUT2D eigenvalue weighted by molar-refractivity contribution is -0.0226. The van der Waals surface area contributed by atoms with Crippen LogP contribution in [0.25, 0.3) is 0 Å². The first-order valence-electron chi connectivity index (χ1n) is 10.00. The Morgan fingerprint density at radius 3 is 2.87 bits per heavy atom. The Balaban J connectivity index is 1.25. The van der Waals surface area contributed by atoms with E-state index in [1.165, 1.54) is 11.3 Å². The number of halogens is 1. The van der Waals surface area contributed by atoms with Gasteiger partial charge >= 0.3 is 0 Å². The molecule has 1 amide bonds. The van der Waals surface area contributed by atoms with Crippen molar-refractivity contribution in [2.75, 3.05) is 23.4 Å². The summed E-state index contributed by atoms with van der Waals surface area (Å²) >= 11 is 7.08. The Kier molecular flexibility index (Phi) is 5.71. The number of ether oxygens (including phenoxy) is 2. The molecular formula is C21H20ClN5O3S. The maximum atomic E-state index is 13.0. The van der Waals surface area contributed by atoms with Gasteiger partial charge in [0.15, 0.2) is 0 Å². The van der Waals surface area contributed by atoms with Crippen LogP contribution >= 0.6 is 22.9 Å². The Morgan fingerprint density at radius 2 is 2.13 bits per heavy atom. The predicted octanol–water partition coefficient (Wildman–Crippen LogP) is 3.79. The molecule has 8 nitrogen and oxygen atoms in total. The van der Waals surface area contributed by atoms with Crippen LogP contribution in [0.4, 0.5) is 10.8 Å². The largest absolute Gasteiger partial charge is 0.464 e. The summed E-state index contributed by atoms with van der Waals surface area (Å²) in [7, 11) is 0. The molecule has 0 saturated carbocycles. The van der Waals surface area contributed by atoms with Crippen molar-refractivity contribution in [1.82, 2.24) is 15.2 Å². The van der Waals surface area contributed by atoms with Gasteiger partial charge in [-0.2, -0.15) is 0 Å². The minimum absolute atomic E-state index is 0.213. The van der Waals surface area contributed by atoms with Gasteiger partial charge in [0.2, 0.25) is 5.13 Å². The molecule has 5 heterocycles. The van der Waals surface area contributed by atoms with E-state index in [1.807, 2.05) is 12.1 Å². The van der Waals surface area contributed by atoms with Crippen LogP contribution in [-0.2, 0) is 11.3 Å². The van der Waals surface area contributed by atoms with Crippen molar-refractivity contribution in [3.8, 4) is 5.19 Å². The number of morpholine rings is 1. The normalized spacial score (nSPS) is 20.0. The molecule has 160 valence electrons. The van der Waals surface area contributed by atoms with E-state index in [0.717, 1.165) is 30.6 Å². The number of amides is 1. The van der Waals surface area contributed by atoms with E-state index >= 15 is 0 Å². The van der Waals surface area contributed by atoms with E-state index in [9.17, 15) is 4.79 Å². The number of benzene rings is 1. The van der Waals surface area contributed by atoms with Gasteiger partial charge in [-0.3, -0.25) is 15.1 Å². The van der Waals surface area contributed by atoms with Gasteiger partial charge in [0.05, 0.1) is 36.2 Å². The summed E-state index contributed by atoms with van der Waals surface area (Å²) < 4.78 is 11.5. The average Bonchev–Trinajstić information content (AvgIpc) is 3.26. The van der Waals surface area contributed by atoms with Crippen LogP contribution in [0.15, 0.2) is 42.7 Å². The molecule has 0 spiro atoms. The lowest BCUT2D eigenvalue weighted by Crippen LogP contribution is -2.55. The molecule has 0 aliphatic carbocycles. The number of rotatable bonds is 6. The first-order chi connectivity index (χ1) is 15.2. The second kappa shape index (κ2) is 8.78. The predicted molar refractivity (Wildman–Crippen MR) is 118 cm³/mol. The van der Waals surface area contributed by atoms with Gasteiger partial charge in [0.1, 0.15) is 6.61 Å². The van der Waals surface area contributed by atoms with E-state index in [0.29, 0.717) is 34.1 Å². The molecule has 2 unspecified atom stereocenters. The van der Waals surface area contributed by atoms with E-state index in [-0.39, 0.29) is 18.1 Å². The van der Waals surface area contributed by atoms with Crippen molar-refractivity contribution in [3.63, 3.8) is 0 Å². The van der Waals surface area contributed by atoms with Crippen LogP contribution in [0.3, 0.4) is 0 Å². The van der Waals surface area contributed by atoms with Gasteiger partial charge in [-0.15, -0.1) is 5.10 Å². The number of aromatic nitrogens is 3. The van der Waals surface area contributed by atoms with Gasteiger partial charge in [0, 0.05) is 17.8 Å². The smallest absolute Gasteiger partial charge is 0.296 e. The number of piperidine rings is 1. The highest BCUT2D eigenvalue weighted by molar-refractivity contribution is 7.17. The molecule has 6 rings (SSSR count). The molecular weight excluding hydrogens is 438 g/mol. The molecule has 3 saturated heterocycles. The Hall–Kier alpha value is -2.75. The van der Waals surface area contributed by atoms with Crippen LogP contribution in [0.5, 0.6) is 5.19 Å². The molecule has 3 aliphatic rings. The first kappa shape index (κ1) is 20.2. The number of fused-ring (bicyclic) bond motifs is 3. The molecule has 1 N–H and O–H groups in total. The number of nitrogens with one attached hydrogen (secondary N) is 1. The van der Waals surface area contributed by atoms with Crippen molar-refractivity contribution in [3.05, 3.63) is 58.9 Å². The highest BCUT2D eigenvalue weighted by atomic mass is 35.5. The molecule has 3 fully saturated rings. The number of hydrogen-bond acceptors (Lipinski definition) is 8. The Labute approximate surface area is 188 Å². The number of carbonyl (C=O) groups excluding carboxylic acids is 1. The van der Waals surface area contributed by atoms with Crippen LogP contribution in [0, 0.1) is 0 Å². The van der Waals surface area contributed by atoms with Crippen molar-refractivity contribution in [2.24, 2.45) is 0 Å². The topological polar surface area (TPSA) is 89.5 Å². The summed E-state index contributed by atoms with van der Waals surface area (Å²) in [4.78, 5) is 19.5. The zero-order valence-electron chi connectivity index (χ0n) is 16.5. The maximum Gasteiger partial charge on any atom is 0.296 e. The van der Waals surface area contributed by atoms with Crippen LogP contribution in [0.1, 0.15) is 28.8 Å². The van der Waals surface area contributed by atoms with Gasteiger partial charge < -0.3 is 14.4 Å². The molecule has 10 heteroatoms. The first-order valence-corrected chi connectivity index (χ1v) is 11.2. The fraction of sp³-hybridized carbons (Fsp3) is 0.333. The Morgan fingerprint density at radius 1 is 1.26 bits per heavy atom. The molecule has 2 atom stereocenters. The van der Waals surface area contributed by atoms with Crippen molar-refractivity contribution in [2.45, 2.75) is 31.6 Å². The van der Waals surface area contributed by atoms with Crippen LogP contribution < -0.4 is 15.0 Å². The van der Waals surface area contributed by atoms with Gasteiger partial charge in [0.25, 0.3) is 11.1 Å². The summed E-state index contributed by atoms with van der Waals surface area (Å²) in [6.45, 7) is 1.80. The maximum absolute atomic E-state index is 13.0. The van der Waals surface area contributed by atoms with Crippen molar-refractivity contribution >= 4 is 39.7 Å². The second-order valence-electron chi connectivity index (χ2n) is 7.47. The molecule has 1 aromatic carbocycles. The second-order valence-corrected chi connectivity index (χ2v) is 8.85. The fourth-order valence-electron chi connectivity index (χ4n) is 3.86. The molecule has 3 aromatic rings. The zero-order valence-corrected chi connectivity index (χ0v) is 18.1. The third-order valence-electron chi connectivity index (χ3n) is 5.44. The van der Waals surface area contributed by atoms with Crippen LogP contribution in [0.2, 0.25) is 5.02 Å². The Bertz CT molecular complexity index is 1070. The quantitative estimate of drug-likeness (QED) is 0.602. The summed E-state index contributed by atoms with van der Waals surface area (Å²) in [5.74, 6) is -0.250. The fourth-order valence-corrected chi connectivity index (χ4v) is 4.58. The van der Waals surface area contributed by atoms with Gasteiger partial charge in [-0.25, -0.2) is 0 Å². The molecule has 2 aromatic heterocycles. The summed E-state index contributed by atoms with van der Waals surface area (Å²) in [5, 5.41) is 12.3. The van der Waals surface area contributed by atoms with E-state index in [4.69, 9.17) is 21.1 Å². The summed E-state index contributed by atoms with van der Waals surface area (Å²) in [6, 6.07) is 9.38. The lowest BCUT2D eigenvalue weighted by Gasteiger charge is -2.46. The summed E-state index contributed by atoms with van der Waals surface area (Å²) in [5.41, 5.74) is 2.34. The zero-order chi connectivity index (χ0) is 21.2. The standard InChI is InChI=1S/C21H20ClN5O3S/c22-14-3-1-13(2-4-14)11-30-21-26-25-20(31-21)24-19(28)17-7-8-23-9-18(17)27-10-16-6-5-15(27)12-29-16/h1-4,7-9,15-16H,5-6,10-12H2,(H,24,25,28). The molecule has 31 heavy (non-hydrogen) atoms. The lowest BCUT2D eigenvalue weighted by atomic mass is 9.96. The third kappa shape index (κ3) is 4.48. The SMILES string of the molecule is O=C(Nc1nnc(OCc2ccc(Cl)cc2)s1)c1ccncc1N1CC2CCC1CO2. The van der Waals surface area contributed by atoms with Gasteiger partial charge in [-0.1, -0.05) is 28.8 Å². The van der Waals surface area contributed by atoms with Crippen molar-refractivity contribution < 1.29 is 14.3 Å². The van der Waals surface area contributed by atoms with E-state index in [1.54, 1.807) is 30.6 Å². The molecule has 3 aliphatic heterocycles. The molecule has 0 radical (unpaired) electrons. The van der Waals surface area contributed by atoms with Crippen LogP contribution in [-0.4, -0.2) is 46.4 Å². The highest BCUT2D eigenvalue weighted by Crippen LogP contribution is 2.33. The number of hydrogen-bond donors (Lipinski definition) is 1. The highest BCUT2D eigenvalue weighted by Gasteiger charge is 2.36. The monoisotopic (exact) mass is 457 g/mol. The van der Waals surface area contributed by atoms with Gasteiger partial charge in [-0.05, 0) is 47.9 Å². The minimum atomic E-state index is -0.250. The van der Waals surface area contributed by atoms with Crippen molar-refractivity contribution in [1.29, 1.82) is 0 Å². The third-order valence-corrected chi connectivity index (χ3v) is 6.45. The molecule has 2 bridgehead atoms. The number of anilines is 2. The number of carbonyl (C=O) groups is 1. The minimum Gasteiger partial charge on any atom is -0.464 e. The average molecular weight is 458 g/mol. The summed E-state index contributed by atoms with van der Waals surface area (Å²) in [6.07, 6.45) is 5.70. The number of nitrogens with zero attached hydrogens (tertiary/aromatic N) is 4. The van der Waals surface area contributed by atoms with E-state index in [2.05, 4.69) is 25.4 Å². The number of pyridine rings is 1.